The van der Waals surface area contributed by atoms with Crippen LogP contribution in [0.25, 0.3) is 0 Å². The first-order valence-corrected chi connectivity index (χ1v) is 6.20. The van der Waals surface area contributed by atoms with Gasteiger partial charge in [0.2, 0.25) is 0 Å². The summed E-state index contributed by atoms with van der Waals surface area (Å²) in [4.78, 5) is 4.05. The number of hydrogen-bond acceptors (Lipinski definition) is 4. The minimum absolute atomic E-state index is 0.156. The Morgan fingerprint density at radius 1 is 1.47 bits per heavy atom. The zero-order valence-corrected chi connectivity index (χ0v) is 10.1. The summed E-state index contributed by atoms with van der Waals surface area (Å²) < 4.78 is 0. The zero-order valence-electron chi connectivity index (χ0n) is 9.31. The van der Waals surface area contributed by atoms with Gasteiger partial charge in [-0.3, -0.25) is 4.98 Å². The van der Waals surface area contributed by atoms with Crippen LogP contribution in [0.3, 0.4) is 0 Å². The van der Waals surface area contributed by atoms with Gasteiger partial charge in [-0.25, -0.2) is 0 Å². The molecular weight excluding hydrogens is 206 g/mol. The first-order chi connectivity index (χ1) is 7.09. The quantitative estimate of drug-likeness (QED) is 0.800. The van der Waals surface area contributed by atoms with Crippen LogP contribution in [0.2, 0.25) is 0 Å². The van der Waals surface area contributed by atoms with E-state index in [2.05, 4.69) is 18.8 Å². The Morgan fingerprint density at radius 2 is 2.20 bits per heavy atom. The minimum atomic E-state index is 0.156. The predicted molar refractivity (Wildman–Crippen MR) is 67.9 cm³/mol. The fourth-order valence-electron chi connectivity index (χ4n) is 1.27. The van der Waals surface area contributed by atoms with Gasteiger partial charge in [0.15, 0.2) is 0 Å². The lowest BCUT2D eigenvalue weighted by atomic mass is 10.1. The second kappa shape index (κ2) is 5.98. The number of anilines is 1. The highest BCUT2D eigenvalue weighted by molar-refractivity contribution is 7.99. The molecule has 0 spiro atoms. The van der Waals surface area contributed by atoms with Crippen molar-refractivity contribution in [3.05, 3.63) is 24.0 Å². The van der Waals surface area contributed by atoms with E-state index < -0.39 is 0 Å². The normalized spacial score (nSPS) is 13.1. The molecule has 0 aliphatic heterocycles. The molecule has 84 valence electrons. The molecule has 0 radical (unpaired) electrons. The minimum Gasteiger partial charge on any atom is -0.398 e. The maximum atomic E-state index is 6.02. The summed E-state index contributed by atoms with van der Waals surface area (Å²) in [6, 6.07) is 1.97. The molecule has 1 rings (SSSR count). The molecule has 3 nitrogen and oxygen atoms in total. The molecule has 0 aliphatic rings. The van der Waals surface area contributed by atoms with Gasteiger partial charge in [0.05, 0.1) is 0 Å². The van der Waals surface area contributed by atoms with Crippen LogP contribution in [0.15, 0.2) is 18.5 Å². The van der Waals surface area contributed by atoms with E-state index in [-0.39, 0.29) is 6.04 Å². The van der Waals surface area contributed by atoms with Crippen molar-refractivity contribution in [1.82, 2.24) is 4.98 Å². The monoisotopic (exact) mass is 225 g/mol. The molecule has 0 amide bonds. The first-order valence-electron chi connectivity index (χ1n) is 5.15. The van der Waals surface area contributed by atoms with Gasteiger partial charge in [0, 0.05) is 29.9 Å². The molecule has 4 heteroatoms. The topological polar surface area (TPSA) is 64.9 Å². The lowest BCUT2D eigenvalue weighted by Crippen LogP contribution is -2.26. The third-order valence-electron chi connectivity index (χ3n) is 2.07. The van der Waals surface area contributed by atoms with Crippen molar-refractivity contribution in [2.75, 3.05) is 11.5 Å². The van der Waals surface area contributed by atoms with E-state index in [1.54, 1.807) is 12.4 Å². The maximum Gasteiger partial charge on any atom is 0.0378 e. The molecule has 1 heterocycles. The SMILES string of the molecule is CC(C)SCC(N)Cc1cnccc1N. The van der Waals surface area contributed by atoms with Gasteiger partial charge in [0.25, 0.3) is 0 Å². The number of nitrogens with two attached hydrogens (primary N) is 2. The van der Waals surface area contributed by atoms with Crippen molar-refractivity contribution in [1.29, 1.82) is 0 Å². The van der Waals surface area contributed by atoms with Crippen LogP contribution in [0.5, 0.6) is 0 Å². The average Bonchev–Trinajstić information content (AvgIpc) is 2.18. The molecular formula is C11H19N3S. The summed E-state index contributed by atoms with van der Waals surface area (Å²) in [6.45, 7) is 4.35. The predicted octanol–water partition coefficient (Wildman–Crippen LogP) is 1.68. The van der Waals surface area contributed by atoms with Crippen molar-refractivity contribution in [2.24, 2.45) is 5.73 Å². The summed E-state index contributed by atoms with van der Waals surface area (Å²) in [7, 11) is 0. The third-order valence-corrected chi connectivity index (χ3v) is 3.35. The molecule has 0 aliphatic carbocycles. The van der Waals surface area contributed by atoms with E-state index in [4.69, 9.17) is 11.5 Å². The van der Waals surface area contributed by atoms with Gasteiger partial charge in [-0.15, -0.1) is 0 Å². The van der Waals surface area contributed by atoms with Gasteiger partial charge < -0.3 is 11.5 Å². The highest BCUT2D eigenvalue weighted by Gasteiger charge is 2.07. The molecule has 1 aromatic heterocycles. The number of nitrogen functional groups attached to an aromatic ring is 1. The lowest BCUT2D eigenvalue weighted by molar-refractivity contribution is 0.746. The molecule has 0 aromatic carbocycles. The maximum absolute atomic E-state index is 6.02. The van der Waals surface area contributed by atoms with E-state index >= 15 is 0 Å². The Hall–Kier alpha value is -0.740. The lowest BCUT2D eigenvalue weighted by Gasteiger charge is -2.13. The van der Waals surface area contributed by atoms with Crippen LogP contribution < -0.4 is 11.5 Å². The van der Waals surface area contributed by atoms with Crippen LogP contribution in [-0.4, -0.2) is 22.0 Å². The fourth-order valence-corrected chi connectivity index (χ4v) is 2.02. The number of hydrogen-bond donors (Lipinski definition) is 2. The first kappa shape index (κ1) is 12.3. The van der Waals surface area contributed by atoms with Crippen molar-refractivity contribution >= 4 is 17.4 Å². The van der Waals surface area contributed by atoms with Gasteiger partial charge in [-0.05, 0) is 23.3 Å². The summed E-state index contributed by atoms with van der Waals surface area (Å²) in [5, 5.41) is 0.627. The summed E-state index contributed by atoms with van der Waals surface area (Å²) in [5.74, 6) is 0.964. The standard InChI is InChI=1S/C11H19N3S/c1-8(2)15-7-10(12)5-9-6-14-4-3-11(9)13/h3-4,6,8,10H,5,7,12H2,1-2H3,(H2,13,14). The van der Waals surface area contributed by atoms with E-state index in [0.29, 0.717) is 5.25 Å². The van der Waals surface area contributed by atoms with Gasteiger partial charge in [-0.1, -0.05) is 13.8 Å². The van der Waals surface area contributed by atoms with Crippen molar-refractivity contribution < 1.29 is 0 Å². The van der Waals surface area contributed by atoms with Crippen molar-refractivity contribution in [3.8, 4) is 0 Å². The van der Waals surface area contributed by atoms with Crippen LogP contribution >= 0.6 is 11.8 Å². The molecule has 4 N–H and O–H groups in total. The van der Waals surface area contributed by atoms with Gasteiger partial charge in [-0.2, -0.15) is 11.8 Å². The zero-order chi connectivity index (χ0) is 11.3. The Labute approximate surface area is 95.6 Å². The summed E-state index contributed by atoms with van der Waals surface area (Å²) in [5.41, 5.74) is 13.7. The molecule has 0 saturated carbocycles. The molecule has 1 unspecified atom stereocenters. The Bertz CT molecular complexity index is 302. The number of rotatable bonds is 5. The Morgan fingerprint density at radius 3 is 2.80 bits per heavy atom. The van der Waals surface area contributed by atoms with Crippen LogP contribution in [-0.2, 0) is 6.42 Å². The molecule has 15 heavy (non-hydrogen) atoms. The van der Waals surface area contributed by atoms with Crippen LogP contribution in [0.1, 0.15) is 19.4 Å². The highest BCUT2D eigenvalue weighted by Crippen LogP contribution is 2.15. The second-order valence-electron chi connectivity index (χ2n) is 3.92. The second-order valence-corrected chi connectivity index (χ2v) is 5.53. The van der Waals surface area contributed by atoms with Gasteiger partial charge in [0.1, 0.15) is 0 Å². The van der Waals surface area contributed by atoms with E-state index in [1.807, 2.05) is 17.8 Å². The Kier molecular flexibility index (Phi) is 4.91. The van der Waals surface area contributed by atoms with Gasteiger partial charge >= 0.3 is 0 Å². The van der Waals surface area contributed by atoms with E-state index in [1.165, 1.54) is 0 Å². The van der Waals surface area contributed by atoms with E-state index in [9.17, 15) is 0 Å². The number of nitrogens with zero attached hydrogens (tertiary/aromatic N) is 1. The van der Waals surface area contributed by atoms with Crippen molar-refractivity contribution in [3.63, 3.8) is 0 Å². The number of thioether (sulfide) groups is 1. The molecule has 0 saturated heterocycles. The average molecular weight is 225 g/mol. The number of aromatic nitrogens is 1. The highest BCUT2D eigenvalue weighted by atomic mass is 32.2. The summed E-state index contributed by atoms with van der Waals surface area (Å²) >= 11 is 1.88. The summed E-state index contributed by atoms with van der Waals surface area (Å²) in [6.07, 6.45) is 4.31. The largest absolute Gasteiger partial charge is 0.398 e. The molecule has 1 atom stereocenters. The number of pyridine rings is 1. The molecule has 0 fully saturated rings. The fraction of sp³-hybridized carbons (Fsp3) is 0.545. The smallest absolute Gasteiger partial charge is 0.0378 e. The third kappa shape index (κ3) is 4.53. The van der Waals surface area contributed by atoms with Crippen LogP contribution in [0, 0.1) is 0 Å². The molecule has 0 bridgehead atoms. The van der Waals surface area contributed by atoms with E-state index in [0.717, 1.165) is 23.4 Å². The Balaban J connectivity index is 2.44. The van der Waals surface area contributed by atoms with Crippen LogP contribution in [0.4, 0.5) is 5.69 Å². The van der Waals surface area contributed by atoms with Crippen molar-refractivity contribution in [2.45, 2.75) is 31.6 Å². The molecule has 1 aromatic rings.